The smallest absolute Gasteiger partial charge is 0.322 e. The number of anilines is 1. The molecule has 2 rings (SSSR count). The lowest BCUT2D eigenvalue weighted by molar-refractivity contribution is -0.161. The van der Waals surface area contributed by atoms with Gasteiger partial charge in [-0.3, -0.25) is 4.79 Å². The van der Waals surface area contributed by atoms with Crippen LogP contribution >= 0.6 is 0 Å². The summed E-state index contributed by atoms with van der Waals surface area (Å²) < 4.78 is 10.5. The Morgan fingerprint density at radius 1 is 1.38 bits per heavy atom. The molecule has 1 aliphatic heterocycles. The minimum atomic E-state index is -0.531. The number of carbonyl (C=O) groups excluding carboxylic acids is 2. The summed E-state index contributed by atoms with van der Waals surface area (Å²) in [5, 5.41) is 2.72. The second-order valence-electron chi connectivity index (χ2n) is 6.69. The summed E-state index contributed by atoms with van der Waals surface area (Å²) in [6.45, 7) is 6.41. The van der Waals surface area contributed by atoms with Gasteiger partial charge in [-0.15, -0.1) is 0 Å². The number of urea groups is 1. The highest BCUT2D eigenvalue weighted by Gasteiger charge is 2.31. The lowest BCUT2D eigenvalue weighted by Gasteiger charge is -2.33. The topological polar surface area (TPSA) is 93.7 Å². The van der Waals surface area contributed by atoms with E-state index in [1.165, 1.54) is 19.6 Å². The largest absolute Gasteiger partial charge is 0.479 e. The number of carbonyl (C=O) groups is 2. The fourth-order valence-corrected chi connectivity index (χ4v) is 2.50. The van der Waals surface area contributed by atoms with E-state index in [0.29, 0.717) is 24.7 Å². The van der Waals surface area contributed by atoms with E-state index < -0.39 is 5.60 Å². The first-order valence-corrected chi connectivity index (χ1v) is 7.93. The van der Waals surface area contributed by atoms with Crippen LogP contribution in [0.5, 0.6) is 5.88 Å². The van der Waals surface area contributed by atoms with Crippen LogP contribution in [0, 0.1) is 5.92 Å². The maximum Gasteiger partial charge on any atom is 0.322 e. The molecule has 24 heavy (non-hydrogen) atoms. The van der Waals surface area contributed by atoms with Crippen LogP contribution in [0.3, 0.4) is 0 Å². The molecule has 0 unspecified atom stereocenters. The molecule has 2 amide bonds. The lowest BCUT2D eigenvalue weighted by Crippen LogP contribution is -2.45. The summed E-state index contributed by atoms with van der Waals surface area (Å²) in [4.78, 5) is 34.1. The van der Waals surface area contributed by atoms with Gasteiger partial charge in [0.15, 0.2) is 0 Å². The van der Waals surface area contributed by atoms with E-state index in [-0.39, 0.29) is 17.9 Å². The van der Waals surface area contributed by atoms with Gasteiger partial charge in [0.1, 0.15) is 17.6 Å². The number of rotatable bonds is 3. The van der Waals surface area contributed by atoms with Crippen LogP contribution in [-0.2, 0) is 9.53 Å². The molecule has 8 heteroatoms. The molecule has 1 fully saturated rings. The van der Waals surface area contributed by atoms with E-state index in [4.69, 9.17) is 9.47 Å². The Hall–Kier alpha value is -2.38. The molecule has 1 N–H and O–H groups in total. The van der Waals surface area contributed by atoms with Gasteiger partial charge in [-0.05, 0) is 33.6 Å². The highest BCUT2D eigenvalue weighted by Crippen LogP contribution is 2.23. The molecule has 0 aliphatic carbocycles. The van der Waals surface area contributed by atoms with Gasteiger partial charge in [0.25, 0.3) is 0 Å². The normalized spacial score (nSPS) is 18.0. The molecule has 0 radical (unpaired) electrons. The van der Waals surface area contributed by atoms with Crippen molar-refractivity contribution in [3.63, 3.8) is 0 Å². The number of likely N-dealkylation sites (tertiary alicyclic amines) is 1. The molecule has 0 bridgehead atoms. The number of piperidine rings is 1. The molecule has 1 atom stereocenters. The fourth-order valence-electron chi connectivity index (χ4n) is 2.50. The summed E-state index contributed by atoms with van der Waals surface area (Å²) in [5.74, 6) is -0.280. The number of aromatic nitrogens is 2. The second kappa shape index (κ2) is 7.46. The average Bonchev–Trinajstić information content (AvgIpc) is 2.54. The van der Waals surface area contributed by atoms with Gasteiger partial charge in [0.05, 0.1) is 19.2 Å². The minimum absolute atomic E-state index is 0.263. The zero-order valence-corrected chi connectivity index (χ0v) is 14.5. The van der Waals surface area contributed by atoms with Crippen molar-refractivity contribution in [2.45, 2.75) is 39.2 Å². The van der Waals surface area contributed by atoms with Crippen LogP contribution in [0.15, 0.2) is 12.5 Å². The van der Waals surface area contributed by atoms with Gasteiger partial charge < -0.3 is 19.7 Å². The van der Waals surface area contributed by atoms with Crippen molar-refractivity contribution in [1.29, 1.82) is 0 Å². The Morgan fingerprint density at radius 2 is 2.12 bits per heavy atom. The number of amides is 2. The molecule has 8 nitrogen and oxygen atoms in total. The number of hydrogen-bond donors (Lipinski definition) is 1. The van der Waals surface area contributed by atoms with Crippen molar-refractivity contribution in [3.05, 3.63) is 12.5 Å². The van der Waals surface area contributed by atoms with Crippen molar-refractivity contribution >= 4 is 17.7 Å². The Labute approximate surface area is 141 Å². The first-order valence-electron chi connectivity index (χ1n) is 7.93. The summed E-state index contributed by atoms with van der Waals surface area (Å²) in [7, 11) is 1.47. The van der Waals surface area contributed by atoms with Gasteiger partial charge in [0, 0.05) is 13.1 Å². The van der Waals surface area contributed by atoms with E-state index in [1.807, 2.05) is 20.8 Å². The van der Waals surface area contributed by atoms with E-state index in [0.717, 1.165) is 12.8 Å². The third-order valence-electron chi connectivity index (χ3n) is 3.56. The summed E-state index contributed by atoms with van der Waals surface area (Å²) >= 11 is 0. The van der Waals surface area contributed by atoms with E-state index in [9.17, 15) is 9.59 Å². The Bertz CT molecular complexity index is 600. The van der Waals surface area contributed by atoms with Crippen LogP contribution in [0.2, 0.25) is 0 Å². The monoisotopic (exact) mass is 336 g/mol. The lowest BCUT2D eigenvalue weighted by atomic mass is 9.98. The van der Waals surface area contributed by atoms with Crippen LogP contribution in [0.4, 0.5) is 10.5 Å². The predicted molar refractivity (Wildman–Crippen MR) is 87.7 cm³/mol. The van der Waals surface area contributed by atoms with Crippen LogP contribution < -0.4 is 10.1 Å². The molecule has 0 spiro atoms. The van der Waals surface area contributed by atoms with Crippen LogP contribution in [-0.4, -0.2) is 52.7 Å². The molecule has 0 aromatic carbocycles. The third-order valence-corrected chi connectivity index (χ3v) is 3.56. The predicted octanol–water partition coefficient (Wildman–Crippen LogP) is 2.07. The first kappa shape index (κ1) is 18.0. The van der Waals surface area contributed by atoms with Crippen molar-refractivity contribution in [1.82, 2.24) is 14.9 Å². The van der Waals surface area contributed by atoms with Gasteiger partial charge in [-0.2, -0.15) is 4.98 Å². The molecule has 1 aromatic heterocycles. The number of nitrogens with one attached hydrogen (secondary N) is 1. The quantitative estimate of drug-likeness (QED) is 0.849. The molecule has 1 aliphatic rings. The van der Waals surface area contributed by atoms with Gasteiger partial charge in [0.2, 0.25) is 5.88 Å². The van der Waals surface area contributed by atoms with E-state index in [2.05, 4.69) is 15.3 Å². The maximum absolute atomic E-state index is 12.4. The number of hydrogen-bond acceptors (Lipinski definition) is 6. The summed E-state index contributed by atoms with van der Waals surface area (Å²) in [6, 6.07) is -0.309. The Kier molecular flexibility index (Phi) is 5.58. The molecule has 0 saturated carbocycles. The minimum Gasteiger partial charge on any atom is -0.479 e. The third kappa shape index (κ3) is 4.81. The molecule has 1 saturated heterocycles. The first-order chi connectivity index (χ1) is 11.3. The fraction of sp³-hybridized carbons (Fsp3) is 0.625. The zero-order chi connectivity index (χ0) is 17.7. The molecule has 2 heterocycles. The van der Waals surface area contributed by atoms with Crippen molar-refractivity contribution in [3.8, 4) is 5.88 Å². The summed E-state index contributed by atoms with van der Waals surface area (Å²) in [5.41, 5.74) is -0.138. The SMILES string of the molecule is COc1ncncc1NC(=O)N1CCC[C@@H](C(=O)OC(C)(C)C)C1. The standard InChI is InChI=1S/C16H24N4O4/c1-16(2,3)24-14(21)11-6-5-7-20(9-11)15(22)19-12-8-17-10-18-13(12)23-4/h8,10-11H,5-7,9H2,1-4H3,(H,19,22)/t11-/m1/s1. The van der Waals surface area contributed by atoms with Crippen LogP contribution in [0.25, 0.3) is 0 Å². The number of nitrogens with zero attached hydrogens (tertiary/aromatic N) is 3. The van der Waals surface area contributed by atoms with Gasteiger partial charge in [-0.1, -0.05) is 0 Å². The van der Waals surface area contributed by atoms with Gasteiger partial charge >= 0.3 is 12.0 Å². The number of methoxy groups -OCH3 is 1. The van der Waals surface area contributed by atoms with Crippen molar-refractivity contribution < 1.29 is 19.1 Å². The van der Waals surface area contributed by atoms with Crippen molar-refractivity contribution in [2.75, 3.05) is 25.5 Å². The molecule has 1 aromatic rings. The van der Waals surface area contributed by atoms with E-state index >= 15 is 0 Å². The summed E-state index contributed by atoms with van der Waals surface area (Å²) in [6.07, 6.45) is 4.28. The maximum atomic E-state index is 12.4. The van der Waals surface area contributed by atoms with E-state index in [1.54, 1.807) is 4.90 Å². The number of ether oxygens (including phenoxy) is 2. The van der Waals surface area contributed by atoms with Gasteiger partial charge in [-0.25, -0.2) is 9.78 Å². The highest BCUT2D eigenvalue weighted by atomic mass is 16.6. The Balaban J connectivity index is 1.98. The highest BCUT2D eigenvalue weighted by molar-refractivity contribution is 5.90. The van der Waals surface area contributed by atoms with Crippen LogP contribution in [0.1, 0.15) is 33.6 Å². The number of esters is 1. The molecular formula is C16H24N4O4. The molecule has 132 valence electrons. The Morgan fingerprint density at radius 3 is 2.79 bits per heavy atom. The second-order valence-corrected chi connectivity index (χ2v) is 6.69. The van der Waals surface area contributed by atoms with Crippen molar-refractivity contribution in [2.24, 2.45) is 5.92 Å². The molecular weight excluding hydrogens is 312 g/mol. The zero-order valence-electron chi connectivity index (χ0n) is 14.5. The average molecular weight is 336 g/mol.